The average molecular weight is 775 g/mol. The van der Waals surface area contributed by atoms with Crippen LogP contribution >= 0.6 is 15.8 Å². The van der Waals surface area contributed by atoms with E-state index in [-0.39, 0.29) is 24.6 Å². The van der Waals surface area contributed by atoms with Crippen LogP contribution in [0.15, 0.2) is 176 Å². The summed E-state index contributed by atoms with van der Waals surface area (Å²) in [5.41, 5.74) is 1.63. The van der Waals surface area contributed by atoms with Crippen LogP contribution in [0.5, 0.6) is 0 Å². The number of rotatable bonds is 9. The van der Waals surface area contributed by atoms with Gasteiger partial charge < -0.3 is 0 Å². The second-order valence-electron chi connectivity index (χ2n) is 10.8. The fourth-order valence-electron chi connectivity index (χ4n) is 5.18. The van der Waals surface area contributed by atoms with Crippen LogP contribution in [-0.4, -0.2) is 26.4 Å². The topological polar surface area (TPSA) is 34.1 Å². The molecule has 0 fully saturated rings. The van der Waals surface area contributed by atoms with Gasteiger partial charge in [-0.25, -0.2) is 0 Å². The van der Waals surface area contributed by atoms with Crippen molar-refractivity contribution in [2.75, 3.05) is 5.75 Å². The van der Waals surface area contributed by atoms with Crippen molar-refractivity contribution in [3.63, 3.8) is 0 Å². The van der Waals surface area contributed by atoms with E-state index >= 15 is 0 Å². The SMILES string of the molecule is CCS(=O)C(=O)c1ccccc1.C[C@@H]([C@H](C)P(c1ccccc1)c1ccccc1)P(c1ccccc1)c1ccccc1.[CH]1C=CC=C1.[Ru]. The van der Waals surface area contributed by atoms with Gasteiger partial charge in [0.2, 0.25) is 5.12 Å². The summed E-state index contributed by atoms with van der Waals surface area (Å²) in [6, 6.07) is 53.2. The van der Waals surface area contributed by atoms with E-state index in [0.717, 1.165) is 0 Å². The largest absolute Gasteiger partial charge is 0.279 e. The maximum Gasteiger partial charge on any atom is 0.249 e. The van der Waals surface area contributed by atoms with Crippen LogP contribution in [0.2, 0.25) is 0 Å². The molecule has 0 saturated carbocycles. The molecule has 0 N–H and O–H groups in total. The number of carbonyl (C=O) groups is 1. The molecule has 0 spiro atoms. The normalized spacial score (nSPS) is 13.3. The number of benzene rings is 5. The van der Waals surface area contributed by atoms with Crippen LogP contribution in [-0.2, 0) is 30.3 Å². The van der Waals surface area contributed by atoms with Gasteiger partial charge in [-0.15, -0.1) is 0 Å². The third-order valence-electron chi connectivity index (χ3n) is 7.68. The minimum atomic E-state index is -1.36. The molecule has 1 aliphatic rings. The molecular weight excluding hydrogens is 732 g/mol. The maximum absolute atomic E-state index is 11.3. The van der Waals surface area contributed by atoms with Crippen molar-refractivity contribution in [2.24, 2.45) is 0 Å². The molecule has 0 bridgehead atoms. The van der Waals surface area contributed by atoms with Crippen molar-refractivity contribution in [3.8, 4) is 0 Å². The van der Waals surface area contributed by atoms with E-state index in [4.69, 9.17) is 0 Å². The van der Waals surface area contributed by atoms with Gasteiger partial charge in [0.1, 0.15) is 0 Å². The summed E-state index contributed by atoms with van der Waals surface area (Å²) in [5, 5.41) is 5.59. The van der Waals surface area contributed by atoms with Crippen LogP contribution in [0.1, 0.15) is 31.1 Å². The first-order chi connectivity index (χ1) is 23.0. The molecule has 0 heterocycles. The van der Waals surface area contributed by atoms with Crippen LogP contribution in [0, 0.1) is 6.42 Å². The van der Waals surface area contributed by atoms with E-state index in [2.05, 4.69) is 135 Å². The average Bonchev–Trinajstić information content (AvgIpc) is 3.74. The molecule has 247 valence electrons. The Morgan fingerprint density at radius 3 is 1.06 bits per heavy atom. The first-order valence-corrected chi connectivity index (χ1v) is 20.1. The molecular formula is C42H43O2P2RuS. The Kier molecular flexibility index (Phi) is 17.8. The smallest absolute Gasteiger partial charge is 0.249 e. The third-order valence-corrected chi connectivity index (χ3v) is 15.0. The van der Waals surface area contributed by atoms with Gasteiger partial charge >= 0.3 is 0 Å². The number of hydrogen-bond donors (Lipinski definition) is 0. The molecule has 0 amide bonds. The monoisotopic (exact) mass is 775 g/mol. The zero-order valence-corrected chi connectivity index (χ0v) is 32.0. The Morgan fingerprint density at radius 2 is 0.812 bits per heavy atom. The van der Waals surface area contributed by atoms with Crippen molar-refractivity contribution in [2.45, 2.75) is 32.1 Å². The van der Waals surface area contributed by atoms with E-state index in [9.17, 15) is 9.00 Å². The van der Waals surface area contributed by atoms with Crippen molar-refractivity contribution in [3.05, 3.63) is 188 Å². The summed E-state index contributed by atoms with van der Waals surface area (Å²) < 4.78 is 11.1. The Balaban J connectivity index is 0.000000285. The molecule has 5 aromatic rings. The first kappa shape index (κ1) is 39.3. The zero-order valence-electron chi connectivity index (χ0n) is 27.7. The summed E-state index contributed by atoms with van der Waals surface area (Å²) in [4.78, 5) is 11.3. The molecule has 6 heteroatoms. The molecule has 0 aromatic heterocycles. The Bertz CT molecular complexity index is 1520. The molecule has 0 aliphatic heterocycles. The maximum atomic E-state index is 11.3. The minimum Gasteiger partial charge on any atom is -0.279 e. The number of allylic oxidation sites excluding steroid dienone is 4. The van der Waals surface area contributed by atoms with Gasteiger partial charge in [0.15, 0.2) is 0 Å². The standard InChI is InChI=1S/C28H28P2.C9H10O2S.C5H5.Ru/c1-23(29(25-15-7-3-8-16-25)26-17-9-4-10-18-26)24(2)30(27-19-11-5-12-20-27)28-21-13-6-14-22-28;1-2-12(11)9(10)8-6-4-3-5-7-8;1-2-4-5-3-1;/h3-24H,1-2H3;3-7H,2H2,1H3;1-5H;/t23-,24-;;;/m0.../s1. The summed E-state index contributed by atoms with van der Waals surface area (Å²) in [6.07, 6.45) is 10.0. The molecule has 0 saturated heterocycles. The van der Waals surface area contributed by atoms with Crippen LogP contribution in [0.4, 0.5) is 0 Å². The van der Waals surface area contributed by atoms with Gasteiger partial charge in [0.25, 0.3) is 0 Å². The van der Waals surface area contributed by atoms with E-state index in [1.807, 2.05) is 36.8 Å². The van der Waals surface area contributed by atoms with Gasteiger partial charge in [-0.3, -0.25) is 9.00 Å². The quantitative estimate of drug-likeness (QED) is 0.111. The van der Waals surface area contributed by atoms with Crippen molar-refractivity contribution >= 4 is 53.0 Å². The fraction of sp³-hybridized carbons (Fsp3) is 0.143. The Morgan fingerprint density at radius 1 is 0.521 bits per heavy atom. The van der Waals surface area contributed by atoms with Gasteiger partial charge in [0, 0.05) is 37.2 Å². The van der Waals surface area contributed by atoms with Crippen molar-refractivity contribution in [1.82, 2.24) is 0 Å². The van der Waals surface area contributed by atoms with Gasteiger partial charge in [-0.1, -0.05) is 197 Å². The van der Waals surface area contributed by atoms with Gasteiger partial charge in [-0.2, -0.15) is 0 Å². The van der Waals surface area contributed by atoms with E-state index in [1.54, 1.807) is 31.2 Å². The summed E-state index contributed by atoms with van der Waals surface area (Å²) in [6.45, 7) is 6.67. The van der Waals surface area contributed by atoms with Crippen LogP contribution < -0.4 is 21.2 Å². The molecule has 1 unspecified atom stereocenters. The predicted octanol–water partition coefficient (Wildman–Crippen LogP) is 8.94. The van der Waals surface area contributed by atoms with E-state index < -0.39 is 26.6 Å². The molecule has 1 aliphatic carbocycles. The van der Waals surface area contributed by atoms with E-state index in [0.29, 0.717) is 22.6 Å². The second kappa shape index (κ2) is 21.8. The van der Waals surface area contributed by atoms with Crippen molar-refractivity contribution < 1.29 is 28.5 Å². The van der Waals surface area contributed by atoms with Crippen LogP contribution in [0.25, 0.3) is 0 Å². The number of hydrogen-bond acceptors (Lipinski definition) is 2. The Labute approximate surface area is 305 Å². The molecule has 5 aromatic carbocycles. The molecule has 3 atom stereocenters. The molecule has 2 nitrogen and oxygen atoms in total. The predicted molar refractivity (Wildman–Crippen MR) is 209 cm³/mol. The molecule has 6 rings (SSSR count). The van der Waals surface area contributed by atoms with Gasteiger partial charge in [0.05, 0.1) is 10.8 Å². The van der Waals surface area contributed by atoms with E-state index in [1.165, 1.54) is 21.2 Å². The minimum absolute atomic E-state index is 0. The first-order valence-electron chi connectivity index (χ1n) is 15.9. The number of carbonyl (C=O) groups excluding carboxylic acids is 1. The Hall–Kier alpha value is -3.12. The molecule has 48 heavy (non-hydrogen) atoms. The zero-order chi connectivity index (χ0) is 33.3. The molecule has 1 radical (unpaired) electrons. The second-order valence-corrected chi connectivity index (χ2v) is 17.6. The fourth-order valence-corrected chi connectivity index (χ4v) is 12.0. The van der Waals surface area contributed by atoms with Crippen molar-refractivity contribution in [1.29, 1.82) is 0 Å². The van der Waals surface area contributed by atoms with Gasteiger partial charge in [-0.05, 0) is 48.4 Å². The third kappa shape index (κ3) is 11.8. The summed E-state index contributed by atoms with van der Waals surface area (Å²) >= 11 is 0. The summed E-state index contributed by atoms with van der Waals surface area (Å²) in [7, 11) is -2.26. The van der Waals surface area contributed by atoms with Crippen LogP contribution in [0.3, 0.4) is 0 Å². The summed E-state index contributed by atoms with van der Waals surface area (Å²) in [5.74, 6) is 0.383.